The second kappa shape index (κ2) is 6.42. The van der Waals surface area contributed by atoms with Crippen molar-refractivity contribution in [1.82, 2.24) is 25.9 Å². The lowest BCUT2D eigenvalue weighted by atomic mass is 9.97. The number of aromatic nitrogens is 4. The van der Waals surface area contributed by atoms with Crippen LogP contribution in [-0.2, 0) is 0 Å². The maximum absolute atomic E-state index is 12.3. The molecule has 0 spiro atoms. The molecule has 8 nitrogen and oxygen atoms in total. The Morgan fingerprint density at radius 3 is 2.71 bits per heavy atom. The van der Waals surface area contributed by atoms with Crippen molar-refractivity contribution in [1.29, 1.82) is 0 Å². The second-order valence-electron chi connectivity index (χ2n) is 4.72. The molecule has 0 aliphatic carbocycles. The third-order valence-electron chi connectivity index (χ3n) is 3.39. The van der Waals surface area contributed by atoms with Gasteiger partial charge in [-0.3, -0.25) is 4.79 Å². The van der Waals surface area contributed by atoms with Crippen molar-refractivity contribution in [3.63, 3.8) is 0 Å². The fourth-order valence-corrected chi connectivity index (χ4v) is 1.84. The van der Waals surface area contributed by atoms with Gasteiger partial charge in [-0.15, -0.1) is 10.2 Å². The van der Waals surface area contributed by atoms with Gasteiger partial charge in [-0.1, -0.05) is 19.1 Å². The van der Waals surface area contributed by atoms with Crippen molar-refractivity contribution < 1.29 is 15.0 Å². The van der Waals surface area contributed by atoms with Crippen molar-refractivity contribution in [2.45, 2.75) is 18.9 Å². The fraction of sp³-hybridized carbons (Fsp3) is 0.385. The Morgan fingerprint density at radius 2 is 2.14 bits per heavy atom. The number of tetrazole rings is 1. The first-order chi connectivity index (χ1) is 10.1. The van der Waals surface area contributed by atoms with Gasteiger partial charge in [0.15, 0.2) is 0 Å². The van der Waals surface area contributed by atoms with Gasteiger partial charge in [-0.25, -0.2) is 0 Å². The molecule has 21 heavy (non-hydrogen) atoms. The standard InChI is InChI=1S/C13H17N5O3/c1-2-13(7-19,8-20)14-12(21)10-5-3-4-9(6-10)11-15-17-18-16-11/h3-6,19-20H,2,7-8H2,1H3,(H,14,21)(H,15,16,17,18). The Labute approximate surface area is 121 Å². The average Bonchev–Trinajstić information content (AvgIpc) is 3.07. The quantitative estimate of drug-likeness (QED) is 0.581. The van der Waals surface area contributed by atoms with Crippen LogP contribution in [-0.4, -0.2) is 55.5 Å². The summed E-state index contributed by atoms with van der Waals surface area (Å²) in [7, 11) is 0. The SMILES string of the molecule is CCC(CO)(CO)NC(=O)c1cccc(-c2nn[nH]n2)c1. The number of aromatic amines is 1. The van der Waals surface area contributed by atoms with Crippen LogP contribution in [0.5, 0.6) is 0 Å². The van der Waals surface area contributed by atoms with Crippen LogP contribution in [0.25, 0.3) is 11.4 Å². The van der Waals surface area contributed by atoms with Gasteiger partial charge < -0.3 is 15.5 Å². The van der Waals surface area contributed by atoms with E-state index in [1.165, 1.54) is 0 Å². The van der Waals surface area contributed by atoms with E-state index in [0.717, 1.165) is 0 Å². The van der Waals surface area contributed by atoms with Crippen LogP contribution in [0, 0.1) is 0 Å². The highest BCUT2D eigenvalue weighted by Gasteiger charge is 2.29. The molecule has 2 aromatic rings. The van der Waals surface area contributed by atoms with Crippen molar-refractivity contribution >= 4 is 5.91 Å². The number of hydrogen-bond donors (Lipinski definition) is 4. The highest BCUT2D eigenvalue weighted by atomic mass is 16.3. The second-order valence-corrected chi connectivity index (χ2v) is 4.72. The first-order valence-electron chi connectivity index (χ1n) is 6.52. The third kappa shape index (κ3) is 3.23. The van der Waals surface area contributed by atoms with E-state index >= 15 is 0 Å². The van der Waals surface area contributed by atoms with Crippen LogP contribution in [0.4, 0.5) is 0 Å². The zero-order valence-corrected chi connectivity index (χ0v) is 11.6. The highest BCUT2D eigenvalue weighted by molar-refractivity contribution is 5.95. The lowest BCUT2D eigenvalue weighted by Gasteiger charge is -2.29. The van der Waals surface area contributed by atoms with Crippen LogP contribution >= 0.6 is 0 Å². The van der Waals surface area contributed by atoms with E-state index in [9.17, 15) is 15.0 Å². The van der Waals surface area contributed by atoms with Gasteiger partial charge in [0, 0.05) is 11.1 Å². The van der Waals surface area contributed by atoms with Crippen LogP contribution in [0.1, 0.15) is 23.7 Å². The van der Waals surface area contributed by atoms with Crippen LogP contribution in [0.15, 0.2) is 24.3 Å². The smallest absolute Gasteiger partial charge is 0.251 e. The minimum absolute atomic E-state index is 0.337. The van der Waals surface area contributed by atoms with E-state index in [4.69, 9.17) is 0 Å². The topological polar surface area (TPSA) is 124 Å². The van der Waals surface area contributed by atoms with Crippen molar-refractivity contribution in [3.8, 4) is 11.4 Å². The molecule has 0 saturated heterocycles. The molecule has 1 heterocycles. The lowest BCUT2D eigenvalue weighted by Crippen LogP contribution is -2.53. The summed E-state index contributed by atoms with van der Waals surface area (Å²) in [5, 5.41) is 34.9. The van der Waals surface area contributed by atoms with E-state index in [2.05, 4.69) is 25.9 Å². The number of nitrogens with one attached hydrogen (secondary N) is 2. The number of aliphatic hydroxyl groups is 2. The summed E-state index contributed by atoms with van der Waals surface area (Å²) in [5.41, 5.74) is 0.00249. The molecule has 2 rings (SSSR count). The molecule has 0 unspecified atom stereocenters. The predicted octanol–water partition coefficient (Wildman–Crippen LogP) is -0.270. The molecule has 1 aromatic carbocycles. The summed E-state index contributed by atoms with van der Waals surface area (Å²) in [6.45, 7) is 1.11. The number of aliphatic hydroxyl groups excluding tert-OH is 2. The van der Waals surface area contributed by atoms with Crippen molar-refractivity contribution in [3.05, 3.63) is 29.8 Å². The largest absolute Gasteiger partial charge is 0.394 e. The fourth-order valence-electron chi connectivity index (χ4n) is 1.84. The van der Waals surface area contributed by atoms with E-state index in [0.29, 0.717) is 23.4 Å². The van der Waals surface area contributed by atoms with Crippen molar-refractivity contribution in [2.75, 3.05) is 13.2 Å². The van der Waals surface area contributed by atoms with E-state index < -0.39 is 5.54 Å². The van der Waals surface area contributed by atoms with E-state index in [1.54, 1.807) is 31.2 Å². The van der Waals surface area contributed by atoms with Gasteiger partial charge in [-0.05, 0) is 23.8 Å². The summed E-state index contributed by atoms with van der Waals surface area (Å²) in [4.78, 5) is 12.3. The number of benzene rings is 1. The molecule has 0 aliphatic rings. The maximum Gasteiger partial charge on any atom is 0.251 e. The van der Waals surface area contributed by atoms with E-state index in [-0.39, 0.29) is 19.1 Å². The molecular weight excluding hydrogens is 274 g/mol. The summed E-state index contributed by atoms with van der Waals surface area (Å²) < 4.78 is 0. The lowest BCUT2D eigenvalue weighted by molar-refractivity contribution is 0.0653. The average molecular weight is 291 g/mol. The number of hydrogen-bond acceptors (Lipinski definition) is 6. The molecular formula is C13H17N5O3. The Hall–Kier alpha value is -2.32. The Morgan fingerprint density at radius 1 is 1.38 bits per heavy atom. The van der Waals surface area contributed by atoms with Gasteiger partial charge >= 0.3 is 0 Å². The van der Waals surface area contributed by atoms with Crippen LogP contribution in [0.2, 0.25) is 0 Å². The van der Waals surface area contributed by atoms with Crippen LogP contribution < -0.4 is 5.32 Å². The van der Waals surface area contributed by atoms with Gasteiger partial charge in [-0.2, -0.15) is 5.21 Å². The molecule has 1 aromatic heterocycles. The van der Waals surface area contributed by atoms with Gasteiger partial charge in [0.1, 0.15) is 0 Å². The van der Waals surface area contributed by atoms with E-state index in [1.807, 2.05) is 0 Å². The summed E-state index contributed by atoms with van der Waals surface area (Å²) in [6, 6.07) is 6.71. The Balaban J connectivity index is 2.22. The maximum atomic E-state index is 12.3. The highest BCUT2D eigenvalue weighted by Crippen LogP contribution is 2.16. The Kier molecular flexibility index (Phi) is 4.61. The zero-order chi connectivity index (χ0) is 15.3. The molecule has 0 saturated carbocycles. The number of amides is 1. The van der Waals surface area contributed by atoms with Gasteiger partial charge in [0.2, 0.25) is 5.82 Å². The molecule has 0 radical (unpaired) electrons. The predicted molar refractivity (Wildman–Crippen MR) is 74.3 cm³/mol. The Bertz CT molecular complexity index is 587. The molecule has 0 fully saturated rings. The van der Waals surface area contributed by atoms with Gasteiger partial charge in [0.05, 0.1) is 18.8 Å². The first-order valence-corrected chi connectivity index (χ1v) is 6.52. The first kappa shape index (κ1) is 15.1. The molecule has 112 valence electrons. The third-order valence-corrected chi connectivity index (χ3v) is 3.39. The number of carbonyl (C=O) groups is 1. The molecule has 1 amide bonds. The number of rotatable bonds is 6. The summed E-state index contributed by atoms with van der Waals surface area (Å²) in [5.74, 6) is 0.000941. The van der Waals surface area contributed by atoms with Crippen molar-refractivity contribution in [2.24, 2.45) is 0 Å². The van der Waals surface area contributed by atoms with Gasteiger partial charge in [0.25, 0.3) is 5.91 Å². The van der Waals surface area contributed by atoms with Crippen LogP contribution in [0.3, 0.4) is 0 Å². The molecule has 0 aliphatic heterocycles. The molecule has 0 bridgehead atoms. The molecule has 4 N–H and O–H groups in total. The number of H-pyrrole nitrogens is 1. The normalized spacial score (nSPS) is 11.4. The minimum atomic E-state index is -1.03. The number of nitrogens with zero attached hydrogens (tertiary/aromatic N) is 3. The summed E-state index contributed by atoms with van der Waals surface area (Å²) >= 11 is 0. The monoisotopic (exact) mass is 291 g/mol. The summed E-state index contributed by atoms with van der Waals surface area (Å²) in [6.07, 6.45) is 0.413. The minimum Gasteiger partial charge on any atom is -0.394 e. The molecule has 8 heteroatoms. The zero-order valence-electron chi connectivity index (χ0n) is 11.6. The number of carbonyl (C=O) groups excluding carboxylic acids is 1. The molecule has 0 atom stereocenters.